The fraction of sp³-hybridized carbons (Fsp3) is 0.632. The van der Waals surface area contributed by atoms with Crippen LogP contribution in [0.25, 0.3) is 0 Å². The molecule has 0 unspecified atom stereocenters. The highest BCUT2D eigenvalue weighted by Gasteiger charge is 2.55. The zero-order valence-corrected chi connectivity index (χ0v) is 14.5. The molecule has 0 spiro atoms. The summed E-state index contributed by atoms with van der Waals surface area (Å²) in [5, 5.41) is 11.0. The van der Waals surface area contributed by atoms with Gasteiger partial charge < -0.3 is 14.7 Å². The normalized spacial score (nSPS) is 31.9. The summed E-state index contributed by atoms with van der Waals surface area (Å²) in [7, 11) is 0. The van der Waals surface area contributed by atoms with Crippen LogP contribution >= 0.6 is 11.6 Å². The monoisotopic (exact) mass is 349 g/mol. The van der Waals surface area contributed by atoms with Crippen LogP contribution < -0.4 is 0 Å². The Labute approximate surface area is 147 Å². The van der Waals surface area contributed by atoms with Gasteiger partial charge in [-0.25, -0.2) is 0 Å². The zero-order valence-electron chi connectivity index (χ0n) is 13.8. The molecule has 1 aromatic carbocycles. The third-order valence-corrected chi connectivity index (χ3v) is 6.19. The number of carbonyl (C=O) groups excluding carboxylic acids is 1. The van der Waals surface area contributed by atoms with Gasteiger partial charge in [-0.3, -0.25) is 4.79 Å². The molecule has 5 heteroatoms. The van der Waals surface area contributed by atoms with Crippen LogP contribution in [0.3, 0.4) is 0 Å². The van der Waals surface area contributed by atoms with Gasteiger partial charge in [0, 0.05) is 30.1 Å². The molecular formula is C19H24ClNO3. The smallest absolute Gasteiger partial charge is 0.233 e. The van der Waals surface area contributed by atoms with Gasteiger partial charge in [0.15, 0.2) is 0 Å². The average molecular weight is 350 g/mol. The van der Waals surface area contributed by atoms with E-state index in [0.717, 1.165) is 37.8 Å². The fourth-order valence-corrected chi connectivity index (χ4v) is 4.61. The number of amides is 1. The van der Waals surface area contributed by atoms with Crippen molar-refractivity contribution >= 4 is 17.5 Å². The van der Waals surface area contributed by atoms with Crippen molar-refractivity contribution in [2.24, 2.45) is 5.92 Å². The van der Waals surface area contributed by atoms with E-state index in [1.165, 1.54) is 0 Å². The van der Waals surface area contributed by atoms with Crippen molar-refractivity contribution in [3.63, 3.8) is 0 Å². The van der Waals surface area contributed by atoms with Crippen molar-refractivity contribution in [2.45, 2.75) is 49.7 Å². The lowest BCUT2D eigenvalue weighted by Crippen LogP contribution is -2.50. The highest BCUT2D eigenvalue weighted by molar-refractivity contribution is 6.30. The Balaban J connectivity index is 1.57. The quantitative estimate of drug-likeness (QED) is 0.912. The van der Waals surface area contributed by atoms with E-state index in [1.54, 1.807) is 0 Å². The highest BCUT2D eigenvalue weighted by atomic mass is 35.5. The third kappa shape index (κ3) is 2.75. The van der Waals surface area contributed by atoms with Gasteiger partial charge in [-0.15, -0.1) is 0 Å². The lowest BCUT2D eigenvalue weighted by molar-refractivity contribution is -0.139. The van der Waals surface area contributed by atoms with E-state index in [9.17, 15) is 9.90 Å². The van der Waals surface area contributed by atoms with Crippen LogP contribution in [0.1, 0.15) is 37.7 Å². The van der Waals surface area contributed by atoms with Crippen LogP contribution in [0, 0.1) is 5.92 Å². The molecule has 3 atom stereocenters. The van der Waals surface area contributed by atoms with Crippen molar-refractivity contribution in [2.75, 3.05) is 19.8 Å². The fourth-order valence-electron chi connectivity index (χ4n) is 4.42. The third-order valence-electron chi connectivity index (χ3n) is 5.95. The lowest BCUT2D eigenvalue weighted by Gasteiger charge is -2.38. The molecule has 24 heavy (non-hydrogen) atoms. The summed E-state index contributed by atoms with van der Waals surface area (Å²) in [5.74, 6) is 0.255. The molecular weight excluding hydrogens is 326 g/mol. The van der Waals surface area contributed by atoms with E-state index < -0.39 is 5.41 Å². The standard InChI is InChI=1S/C19H24ClNO3/c20-14-4-1-3-13(11-14)19(7-8-19)18(23)21-9-2-5-16(21)15-12-24-10-6-17(15)22/h1,3-4,11,15-17,22H,2,5-10,12H2/t15-,16+,17+/m0/s1. The largest absolute Gasteiger partial charge is 0.393 e. The number of carbonyl (C=O) groups is 1. The molecule has 0 aromatic heterocycles. The number of nitrogens with zero attached hydrogens (tertiary/aromatic N) is 1. The first-order valence-corrected chi connectivity index (χ1v) is 9.32. The second-order valence-corrected chi connectivity index (χ2v) is 7.83. The molecule has 1 saturated carbocycles. The summed E-state index contributed by atoms with van der Waals surface area (Å²) < 4.78 is 5.58. The van der Waals surface area contributed by atoms with Crippen molar-refractivity contribution in [3.8, 4) is 0 Å². The summed E-state index contributed by atoms with van der Waals surface area (Å²) in [6.07, 6.45) is 4.05. The molecule has 0 radical (unpaired) electrons. The minimum Gasteiger partial charge on any atom is -0.393 e. The second-order valence-electron chi connectivity index (χ2n) is 7.40. The van der Waals surface area contributed by atoms with Crippen LogP contribution in [0.15, 0.2) is 24.3 Å². The van der Waals surface area contributed by atoms with Gasteiger partial charge in [-0.05, 0) is 49.8 Å². The molecule has 2 saturated heterocycles. The van der Waals surface area contributed by atoms with Gasteiger partial charge in [0.05, 0.1) is 18.1 Å². The predicted octanol–water partition coefficient (Wildman–Crippen LogP) is 2.76. The molecule has 1 N–H and O–H groups in total. The molecule has 1 aliphatic carbocycles. The van der Waals surface area contributed by atoms with Gasteiger partial charge in [-0.1, -0.05) is 23.7 Å². The average Bonchev–Trinajstić information content (AvgIpc) is 3.26. The van der Waals surface area contributed by atoms with Crippen LogP contribution in [0.2, 0.25) is 5.02 Å². The Morgan fingerprint density at radius 1 is 1.33 bits per heavy atom. The maximum Gasteiger partial charge on any atom is 0.233 e. The van der Waals surface area contributed by atoms with E-state index >= 15 is 0 Å². The SMILES string of the molecule is O=C(N1CCC[C@@H]1[C@@H]1COCC[C@H]1O)C1(c2cccc(Cl)c2)CC1. The Hall–Kier alpha value is -1.10. The number of rotatable bonds is 3. The minimum absolute atomic E-state index is 0.0420. The molecule has 3 aliphatic rings. The molecule has 0 bridgehead atoms. The van der Waals surface area contributed by atoms with Crippen molar-refractivity contribution < 1.29 is 14.6 Å². The number of benzene rings is 1. The second kappa shape index (κ2) is 6.32. The van der Waals surface area contributed by atoms with E-state index in [2.05, 4.69) is 0 Å². The number of halogens is 1. The minimum atomic E-state index is -0.395. The molecule has 1 aromatic rings. The van der Waals surface area contributed by atoms with E-state index in [1.807, 2.05) is 29.2 Å². The molecule has 2 aliphatic heterocycles. The van der Waals surface area contributed by atoms with E-state index in [4.69, 9.17) is 16.3 Å². The number of likely N-dealkylation sites (tertiary alicyclic amines) is 1. The van der Waals surface area contributed by atoms with Gasteiger partial charge in [0.25, 0.3) is 0 Å². The van der Waals surface area contributed by atoms with Crippen LogP contribution in [0.5, 0.6) is 0 Å². The van der Waals surface area contributed by atoms with E-state index in [-0.39, 0.29) is 24.0 Å². The number of hydrogen-bond donors (Lipinski definition) is 1. The van der Waals surface area contributed by atoms with Crippen LogP contribution in [-0.4, -0.2) is 47.8 Å². The maximum absolute atomic E-state index is 13.4. The summed E-state index contributed by atoms with van der Waals surface area (Å²) in [4.78, 5) is 15.4. The summed E-state index contributed by atoms with van der Waals surface area (Å²) >= 11 is 6.14. The van der Waals surface area contributed by atoms with Gasteiger partial charge in [-0.2, -0.15) is 0 Å². The van der Waals surface area contributed by atoms with E-state index in [0.29, 0.717) is 24.7 Å². The zero-order chi connectivity index (χ0) is 16.7. The van der Waals surface area contributed by atoms with Crippen LogP contribution in [-0.2, 0) is 14.9 Å². The first kappa shape index (κ1) is 16.4. The number of aliphatic hydroxyl groups excluding tert-OH is 1. The number of ether oxygens (including phenoxy) is 1. The van der Waals surface area contributed by atoms with Gasteiger partial charge in [0.1, 0.15) is 0 Å². The van der Waals surface area contributed by atoms with Gasteiger partial charge >= 0.3 is 0 Å². The van der Waals surface area contributed by atoms with Crippen LogP contribution in [0.4, 0.5) is 0 Å². The highest BCUT2D eigenvalue weighted by Crippen LogP contribution is 2.51. The lowest BCUT2D eigenvalue weighted by atomic mass is 9.87. The molecule has 1 amide bonds. The first-order valence-electron chi connectivity index (χ1n) is 8.95. The molecule has 3 fully saturated rings. The van der Waals surface area contributed by atoms with Crippen molar-refractivity contribution in [1.29, 1.82) is 0 Å². The summed E-state index contributed by atoms with van der Waals surface area (Å²) in [5.41, 5.74) is 0.639. The van der Waals surface area contributed by atoms with Crippen molar-refractivity contribution in [3.05, 3.63) is 34.9 Å². The number of hydrogen-bond acceptors (Lipinski definition) is 3. The summed E-state index contributed by atoms with van der Waals surface area (Å²) in [6, 6.07) is 7.81. The summed E-state index contributed by atoms with van der Waals surface area (Å²) in [6.45, 7) is 1.96. The Kier molecular flexibility index (Phi) is 4.31. The molecule has 2 heterocycles. The first-order chi connectivity index (χ1) is 11.6. The Morgan fingerprint density at radius 2 is 2.17 bits per heavy atom. The van der Waals surface area contributed by atoms with Crippen molar-refractivity contribution in [1.82, 2.24) is 4.90 Å². The van der Waals surface area contributed by atoms with Gasteiger partial charge in [0.2, 0.25) is 5.91 Å². The Morgan fingerprint density at radius 3 is 2.88 bits per heavy atom. The predicted molar refractivity (Wildman–Crippen MR) is 92.0 cm³/mol. The number of aliphatic hydroxyl groups is 1. The molecule has 4 nitrogen and oxygen atoms in total. The Bertz CT molecular complexity index is 631. The topological polar surface area (TPSA) is 49.8 Å². The molecule has 130 valence electrons. The maximum atomic E-state index is 13.4. The molecule has 4 rings (SSSR count).